The summed E-state index contributed by atoms with van der Waals surface area (Å²) in [7, 11) is -2.27. The fourth-order valence-corrected chi connectivity index (χ4v) is 0.956. The highest BCUT2D eigenvalue weighted by molar-refractivity contribution is 7.54. The summed E-state index contributed by atoms with van der Waals surface area (Å²) in [5.74, 6) is 0. The van der Waals surface area contributed by atoms with Crippen LogP contribution >= 0.6 is 7.60 Å². The number of hydrogen-bond donors (Lipinski definition) is 0. The molecule has 0 amide bonds. The van der Waals surface area contributed by atoms with Crippen molar-refractivity contribution in [1.82, 2.24) is 0 Å². The van der Waals surface area contributed by atoms with Gasteiger partial charge in [-0.05, 0) is 4.53 Å². The average Bonchev–Trinajstić information content (AvgIpc) is 1.86. The molecule has 0 bridgehead atoms. The standard InChI is InChI=1S/C4H10FO3P/c1-4(2)9(6,7-3)8-5/h4H,1-3H3. The molecule has 5 heteroatoms. The van der Waals surface area contributed by atoms with Crippen LogP contribution in [0.15, 0.2) is 0 Å². The first kappa shape index (κ1) is 9.08. The van der Waals surface area contributed by atoms with E-state index in [9.17, 15) is 9.09 Å². The van der Waals surface area contributed by atoms with Crippen LogP contribution < -0.4 is 0 Å². The zero-order chi connectivity index (χ0) is 7.49. The van der Waals surface area contributed by atoms with E-state index in [1.807, 2.05) is 0 Å². The number of halogens is 1. The van der Waals surface area contributed by atoms with Gasteiger partial charge in [-0.3, -0.25) is 4.57 Å². The van der Waals surface area contributed by atoms with Gasteiger partial charge in [0.15, 0.2) is 0 Å². The molecule has 0 spiro atoms. The highest BCUT2D eigenvalue weighted by Gasteiger charge is 2.28. The van der Waals surface area contributed by atoms with Crippen LogP contribution in [0.25, 0.3) is 0 Å². The highest BCUT2D eigenvalue weighted by Crippen LogP contribution is 2.52. The van der Waals surface area contributed by atoms with Gasteiger partial charge in [-0.1, -0.05) is 13.8 Å². The molecule has 0 aromatic rings. The van der Waals surface area contributed by atoms with E-state index in [1.165, 1.54) is 0 Å². The molecular formula is C4H10FO3P. The molecule has 56 valence electrons. The van der Waals surface area contributed by atoms with Crippen LogP contribution in [0.1, 0.15) is 13.8 Å². The molecule has 0 N–H and O–H groups in total. The van der Waals surface area contributed by atoms with Gasteiger partial charge in [0, 0.05) is 7.11 Å². The van der Waals surface area contributed by atoms with Gasteiger partial charge in [0.05, 0.1) is 5.66 Å². The molecular weight excluding hydrogens is 146 g/mol. The van der Waals surface area contributed by atoms with Crippen molar-refractivity contribution in [2.24, 2.45) is 0 Å². The molecule has 9 heavy (non-hydrogen) atoms. The summed E-state index contributed by atoms with van der Waals surface area (Å²) in [5.41, 5.74) is -0.438. The van der Waals surface area contributed by atoms with Crippen LogP contribution in [-0.2, 0) is 13.8 Å². The minimum absolute atomic E-state index is 0.438. The largest absolute Gasteiger partial charge is 0.365 e. The van der Waals surface area contributed by atoms with Crippen molar-refractivity contribution in [1.29, 1.82) is 0 Å². The summed E-state index contributed by atoms with van der Waals surface area (Å²) < 4.78 is 29.7. The summed E-state index contributed by atoms with van der Waals surface area (Å²) in [6.45, 7) is 3.12. The Morgan fingerprint density at radius 3 is 2.00 bits per heavy atom. The molecule has 0 aromatic carbocycles. The van der Waals surface area contributed by atoms with E-state index >= 15 is 0 Å². The maximum Gasteiger partial charge on any atom is 0.365 e. The Bertz CT molecular complexity index is 117. The van der Waals surface area contributed by atoms with Crippen molar-refractivity contribution in [3.05, 3.63) is 0 Å². The normalized spacial score (nSPS) is 17.9. The van der Waals surface area contributed by atoms with Crippen LogP contribution in [-0.4, -0.2) is 12.8 Å². The third-order valence-electron chi connectivity index (χ3n) is 0.983. The van der Waals surface area contributed by atoms with Crippen LogP contribution in [0.5, 0.6) is 0 Å². The van der Waals surface area contributed by atoms with E-state index in [0.717, 1.165) is 7.11 Å². The second-order valence-electron chi connectivity index (χ2n) is 1.89. The van der Waals surface area contributed by atoms with E-state index in [-0.39, 0.29) is 0 Å². The second-order valence-corrected chi connectivity index (χ2v) is 4.50. The van der Waals surface area contributed by atoms with Crippen molar-refractivity contribution in [2.45, 2.75) is 19.5 Å². The molecule has 1 unspecified atom stereocenters. The summed E-state index contributed by atoms with van der Waals surface area (Å²) in [6.07, 6.45) is 0. The first-order valence-corrected chi connectivity index (χ1v) is 4.14. The zero-order valence-electron chi connectivity index (χ0n) is 5.63. The average molecular weight is 156 g/mol. The number of hydrogen-bond acceptors (Lipinski definition) is 3. The molecule has 0 aliphatic carbocycles. The molecule has 0 aliphatic rings. The maximum absolute atomic E-state index is 11.4. The Morgan fingerprint density at radius 2 is 2.00 bits per heavy atom. The fraction of sp³-hybridized carbons (Fsp3) is 1.00. The quantitative estimate of drug-likeness (QED) is 0.587. The molecule has 3 nitrogen and oxygen atoms in total. The van der Waals surface area contributed by atoms with Gasteiger partial charge < -0.3 is 4.52 Å². The Hall–Kier alpha value is 0.0800. The molecule has 0 heterocycles. The Morgan fingerprint density at radius 1 is 1.56 bits per heavy atom. The first-order valence-electron chi connectivity index (χ1n) is 2.52. The second kappa shape index (κ2) is 3.30. The molecule has 0 fully saturated rings. The molecule has 0 aromatic heterocycles. The SMILES string of the molecule is COP(=O)(OF)C(C)C. The van der Waals surface area contributed by atoms with Crippen molar-refractivity contribution in [3.63, 3.8) is 0 Å². The third-order valence-corrected chi connectivity index (χ3v) is 2.95. The smallest absolute Gasteiger partial charge is 0.310 e. The minimum atomic E-state index is -3.42. The lowest BCUT2D eigenvalue weighted by molar-refractivity contribution is -0.0246. The van der Waals surface area contributed by atoms with Crippen molar-refractivity contribution in [3.8, 4) is 0 Å². The van der Waals surface area contributed by atoms with E-state index < -0.39 is 13.3 Å². The Kier molecular flexibility index (Phi) is 3.33. The van der Waals surface area contributed by atoms with E-state index in [4.69, 9.17) is 0 Å². The van der Waals surface area contributed by atoms with Gasteiger partial charge in [-0.15, -0.1) is 4.73 Å². The summed E-state index contributed by atoms with van der Waals surface area (Å²) in [6, 6.07) is 0. The van der Waals surface area contributed by atoms with Crippen molar-refractivity contribution in [2.75, 3.05) is 7.11 Å². The fourth-order valence-electron chi connectivity index (χ4n) is 0.319. The van der Waals surface area contributed by atoms with Crippen molar-refractivity contribution < 1.29 is 18.3 Å². The molecule has 0 radical (unpaired) electrons. The van der Waals surface area contributed by atoms with Crippen LogP contribution in [0.4, 0.5) is 4.53 Å². The van der Waals surface area contributed by atoms with Gasteiger partial charge in [0.25, 0.3) is 0 Å². The van der Waals surface area contributed by atoms with Crippen LogP contribution in [0.3, 0.4) is 0 Å². The lowest BCUT2D eigenvalue weighted by Crippen LogP contribution is -1.99. The highest BCUT2D eigenvalue weighted by atomic mass is 31.2. The topological polar surface area (TPSA) is 35.5 Å². The summed E-state index contributed by atoms with van der Waals surface area (Å²) >= 11 is 0. The minimum Gasteiger partial charge on any atom is -0.310 e. The predicted molar refractivity (Wildman–Crippen MR) is 31.9 cm³/mol. The lowest BCUT2D eigenvalue weighted by atomic mass is 10.6. The summed E-state index contributed by atoms with van der Waals surface area (Å²) in [5, 5.41) is 0. The first-order chi connectivity index (χ1) is 4.06. The molecule has 0 saturated carbocycles. The predicted octanol–water partition coefficient (Wildman–Crippen LogP) is 2.14. The third kappa shape index (κ3) is 2.05. The molecule has 0 aliphatic heterocycles. The zero-order valence-corrected chi connectivity index (χ0v) is 6.52. The maximum atomic E-state index is 11.4. The van der Waals surface area contributed by atoms with E-state index in [1.54, 1.807) is 13.8 Å². The van der Waals surface area contributed by atoms with Crippen molar-refractivity contribution >= 4 is 7.60 Å². The molecule has 0 rings (SSSR count). The van der Waals surface area contributed by atoms with E-state index in [2.05, 4.69) is 9.25 Å². The Balaban J connectivity index is 4.11. The Labute approximate surface area is 53.6 Å². The summed E-state index contributed by atoms with van der Waals surface area (Å²) in [4.78, 5) is 0. The molecule has 0 saturated heterocycles. The monoisotopic (exact) mass is 156 g/mol. The van der Waals surface area contributed by atoms with Crippen LogP contribution in [0, 0.1) is 0 Å². The van der Waals surface area contributed by atoms with Gasteiger partial charge in [-0.25, -0.2) is 0 Å². The van der Waals surface area contributed by atoms with Crippen LogP contribution in [0.2, 0.25) is 0 Å². The number of rotatable bonds is 3. The van der Waals surface area contributed by atoms with E-state index in [0.29, 0.717) is 0 Å². The lowest BCUT2D eigenvalue weighted by Gasteiger charge is -2.12. The van der Waals surface area contributed by atoms with Gasteiger partial charge in [-0.2, -0.15) is 0 Å². The van der Waals surface area contributed by atoms with Gasteiger partial charge >= 0.3 is 7.60 Å². The van der Waals surface area contributed by atoms with Gasteiger partial charge in [0.1, 0.15) is 0 Å². The van der Waals surface area contributed by atoms with Gasteiger partial charge in [0.2, 0.25) is 0 Å². The molecule has 1 atom stereocenters.